The number of carbonyl (C=O) groups excluding carboxylic acids is 4. The van der Waals surface area contributed by atoms with Crippen LogP contribution in [0.3, 0.4) is 0 Å². The zero-order valence-electron chi connectivity index (χ0n) is 19.5. The minimum Gasteiger partial charge on any atom is -0.326 e. The molecule has 5 rings (SSSR count). The van der Waals surface area contributed by atoms with Crippen molar-refractivity contribution in [3.8, 4) is 0 Å². The van der Waals surface area contributed by atoms with Crippen LogP contribution in [0, 0.1) is 6.92 Å². The van der Waals surface area contributed by atoms with Gasteiger partial charge >= 0.3 is 6.03 Å². The first-order valence-corrected chi connectivity index (χ1v) is 12.0. The maximum atomic E-state index is 12.8. The Bertz CT molecular complexity index is 1400. The summed E-state index contributed by atoms with van der Waals surface area (Å²) in [6.45, 7) is 5.90. The van der Waals surface area contributed by atoms with Crippen molar-refractivity contribution in [2.24, 2.45) is 0 Å². The second-order valence-corrected chi connectivity index (χ2v) is 10.3. The topological polar surface area (TPSA) is 133 Å². The van der Waals surface area contributed by atoms with Crippen molar-refractivity contribution in [3.05, 3.63) is 52.2 Å². The Balaban J connectivity index is 1.28. The summed E-state index contributed by atoms with van der Waals surface area (Å²) in [6, 6.07) is 7.97. The first-order valence-electron chi connectivity index (χ1n) is 11.2. The van der Waals surface area contributed by atoms with Crippen molar-refractivity contribution in [1.29, 1.82) is 0 Å². The van der Waals surface area contributed by atoms with Gasteiger partial charge in [-0.05, 0) is 51.0 Å². The largest absolute Gasteiger partial charge is 0.326 e. The maximum Gasteiger partial charge on any atom is 0.321 e. The number of hydrogen-bond donors (Lipinski definition) is 3. The van der Waals surface area contributed by atoms with Crippen molar-refractivity contribution < 1.29 is 19.2 Å². The van der Waals surface area contributed by atoms with Crippen LogP contribution in [-0.4, -0.2) is 44.7 Å². The molecule has 180 valence electrons. The van der Waals surface area contributed by atoms with Crippen LogP contribution in [-0.2, 0) is 21.7 Å². The molecule has 35 heavy (non-hydrogen) atoms. The highest BCUT2D eigenvalue weighted by Crippen LogP contribution is 2.32. The first kappa shape index (κ1) is 22.9. The van der Waals surface area contributed by atoms with Crippen molar-refractivity contribution in [2.75, 3.05) is 5.32 Å². The lowest BCUT2D eigenvalue weighted by atomic mass is 10.0. The molecule has 3 N–H and O–H groups in total. The fourth-order valence-corrected chi connectivity index (χ4v) is 5.45. The SMILES string of the molecule is Cc1cccc2sc(C(C)(C)NC(=O)Nc3ccc4c(n3)CN(C3CCC(=O)NC3=O)C4=O)nc12. The normalized spacial score (nSPS) is 18.0. The molecule has 0 bridgehead atoms. The standard InChI is InChI=1S/C24H24N6O4S/c1-12-5-4-6-16-19(12)28-22(35-16)24(2,3)29-23(34)26-17-9-7-13-14(25-17)11-30(21(13)33)15-8-10-18(31)27-20(15)32/h4-7,9,15H,8,10-11H2,1-3H3,(H,27,31,32)(H2,25,26,29,34). The number of anilines is 1. The monoisotopic (exact) mass is 492 g/mol. The highest BCUT2D eigenvalue weighted by atomic mass is 32.1. The summed E-state index contributed by atoms with van der Waals surface area (Å²) in [5.74, 6) is -0.845. The quantitative estimate of drug-likeness (QED) is 0.480. The molecule has 2 aliphatic rings. The van der Waals surface area contributed by atoms with Crippen LogP contribution in [0.2, 0.25) is 0 Å². The molecule has 5 amide bonds. The van der Waals surface area contributed by atoms with Crippen LogP contribution in [0.5, 0.6) is 0 Å². The van der Waals surface area contributed by atoms with Gasteiger partial charge in [0, 0.05) is 6.42 Å². The number of imide groups is 1. The molecular formula is C24H24N6O4S. The van der Waals surface area contributed by atoms with Gasteiger partial charge in [-0.2, -0.15) is 0 Å². The number of nitrogens with zero attached hydrogens (tertiary/aromatic N) is 3. The minimum atomic E-state index is -0.727. The van der Waals surface area contributed by atoms with Crippen LogP contribution in [0.25, 0.3) is 10.2 Å². The van der Waals surface area contributed by atoms with Gasteiger partial charge in [0.1, 0.15) is 16.9 Å². The molecule has 1 unspecified atom stereocenters. The Labute approximate surface area is 205 Å². The summed E-state index contributed by atoms with van der Waals surface area (Å²) >= 11 is 1.53. The van der Waals surface area contributed by atoms with E-state index in [0.717, 1.165) is 20.8 Å². The van der Waals surface area contributed by atoms with Gasteiger partial charge in [0.15, 0.2) is 0 Å². The highest BCUT2D eigenvalue weighted by Gasteiger charge is 2.39. The fourth-order valence-electron chi connectivity index (χ4n) is 4.34. The van der Waals surface area contributed by atoms with E-state index in [1.807, 2.05) is 39.0 Å². The average Bonchev–Trinajstić information content (AvgIpc) is 3.36. The van der Waals surface area contributed by atoms with Gasteiger partial charge in [0.25, 0.3) is 5.91 Å². The first-order chi connectivity index (χ1) is 16.6. The minimum absolute atomic E-state index is 0.133. The number of carbonyl (C=O) groups is 4. The molecule has 0 spiro atoms. The lowest BCUT2D eigenvalue weighted by Crippen LogP contribution is -2.52. The summed E-state index contributed by atoms with van der Waals surface area (Å²) in [5, 5.41) is 8.73. The van der Waals surface area contributed by atoms with E-state index in [1.54, 1.807) is 12.1 Å². The Hall–Kier alpha value is -3.86. The third-order valence-corrected chi connectivity index (χ3v) is 7.54. The van der Waals surface area contributed by atoms with E-state index in [1.165, 1.54) is 16.2 Å². The molecule has 0 saturated carbocycles. The molecule has 2 aliphatic heterocycles. The number of amides is 5. The number of fused-ring (bicyclic) bond motifs is 2. The number of benzene rings is 1. The van der Waals surface area contributed by atoms with Crippen molar-refractivity contribution >= 4 is 51.1 Å². The van der Waals surface area contributed by atoms with Crippen LogP contribution in [0.1, 0.15) is 53.3 Å². The van der Waals surface area contributed by atoms with E-state index < -0.39 is 23.5 Å². The molecular weight excluding hydrogens is 468 g/mol. The number of thiazole rings is 1. The van der Waals surface area contributed by atoms with E-state index in [9.17, 15) is 19.2 Å². The second-order valence-electron chi connectivity index (χ2n) is 9.24. The van der Waals surface area contributed by atoms with Gasteiger partial charge in [0.05, 0.1) is 33.6 Å². The van der Waals surface area contributed by atoms with Gasteiger partial charge in [0.2, 0.25) is 11.8 Å². The molecule has 1 atom stereocenters. The Morgan fingerprint density at radius 2 is 1.97 bits per heavy atom. The molecule has 2 aromatic heterocycles. The lowest BCUT2D eigenvalue weighted by Gasteiger charge is -2.29. The molecule has 0 aliphatic carbocycles. The van der Waals surface area contributed by atoms with E-state index in [4.69, 9.17) is 4.98 Å². The van der Waals surface area contributed by atoms with E-state index in [2.05, 4.69) is 20.9 Å². The zero-order valence-corrected chi connectivity index (χ0v) is 20.3. The number of piperidine rings is 1. The molecule has 0 radical (unpaired) electrons. The molecule has 11 heteroatoms. The van der Waals surface area contributed by atoms with Gasteiger partial charge in [-0.15, -0.1) is 11.3 Å². The third-order valence-electron chi connectivity index (χ3n) is 6.19. The molecule has 1 fully saturated rings. The summed E-state index contributed by atoms with van der Waals surface area (Å²) in [6.07, 6.45) is 0.458. The molecule has 1 saturated heterocycles. The van der Waals surface area contributed by atoms with E-state index in [-0.39, 0.29) is 37.0 Å². The molecule has 4 heterocycles. The summed E-state index contributed by atoms with van der Waals surface area (Å²) < 4.78 is 1.06. The van der Waals surface area contributed by atoms with Crippen LogP contribution < -0.4 is 16.0 Å². The smallest absolute Gasteiger partial charge is 0.321 e. The zero-order chi connectivity index (χ0) is 24.9. The Morgan fingerprint density at radius 1 is 1.17 bits per heavy atom. The average molecular weight is 493 g/mol. The van der Waals surface area contributed by atoms with Crippen LogP contribution >= 0.6 is 11.3 Å². The van der Waals surface area contributed by atoms with Crippen molar-refractivity contribution in [2.45, 2.75) is 51.7 Å². The number of aryl methyl sites for hydroxylation is 1. The number of rotatable bonds is 4. The number of pyridine rings is 1. The molecule has 1 aromatic carbocycles. The predicted octanol–water partition coefficient (Wildman–Crippen LogP) is 2.82. The summed E-state index contributed by atoms with van der Waals surface area (Å²) in [4.78, 5) is 59.8. The molecule has 10 nitrogen and oxygen atoms in total. The third kappa shape index (κ3) is 4.23. The van der Waals surface area contributed by atoms with Crippen molar-refractivity contribution in [1.82, 2.24) is 25.5 Å². The predicted molar refractivity (Wildman–Crippen MR) is 130 cm³/mol. The van der Waals surface area contributed by atoms with Crippen LogP contribution in [0.4, 0.5) is 10.6 Å². The molecule has 3 aromatic rings. The van der Waals surface area contributed by atoms with Crippen molar-refractivity contribution in [3.63, 3.8) is 0 Å². The number of aromatic nitrogens is 2. The van der Waals surface area contributed by atoms with Gasteiger partial charge in [-0.25, -0.2) is 14.8 Å². The summed E-state index contributed by atoms with van der Waals surface area (Å²) in [5.41, 5.74) is 2.13. The number of urea groups is 1. The van der Waals surface area contributed by atoms with Gasteiger partial charge < -0.3 is 10.2 Å². The highest BCUT2D eigenvalue weighted by molar-refractivity contribution is 7.18. The Morgan fingerprint density at radius 3 is 2.71 bits per heavy atom. The number of para-hydroxylation sites is 1. The van der Waals surface area contributed by atoms with Gasteiger partial charge in [-0.1, -0.05) is 12.1 Å². The van der Waals surface area contributed by atoms with E-state index in [0.29, 0.717) is 11.3 Å². The summed E-state index contributed by atoms with van der Waals surface area (Å²) in [7, 11) is 0. The fraction of sp³-hybridized carbons (Fsp3) is 0.333. The van der Waals surface area contributed by atoms with Crippen LogP contribution in [0.15, 0.2) is 30.3 Å². The Kier molecular flexibility index (Phi) is 5.51. The van der Waals surface area contributed by atoms with Gasteiger partial charge in [-0.3, -0.25) is 25.0 Å². The second kappa shape index (κ2) is 8.42. The number of nitrogens with one attached hydrogen (secondary N) is 3. The number of hydrogen-bond acceptors (Lipinski definition) is 7. The maximum absolute atomic E-state index is 12.8. The lowest BCUT2D eigenvalue weighted by molar-refractivity contribution is -0.136. The van der Waals surface area contributed by atoms with E-state index >= 15 is 0 Å².